The molecule has 0 amide bonds. The number of hydrogen-bond acceptors (Lipinski definition) is 4. The average molecular weight is 395 g/mol. The van der Waals surface area contributed by atoms with Crippen LogP contribution in [0.3, 0.4) is 0 Å². The van der Waals surface area contributed by atoms with Crippen LogP contribution in [-0.2, 0) is 18.8 Å². The van der Waals surface area contributed by atoms with Crippen LogP contribution in [0.2, 0.25) is 18.1 Å². The van der Waals surface area contributed by atoms with E-state index in [0.717, 1.165) is 25.7 Å². The quantitative estimate of drug-likeness (QED) is 0.501. The maximum Gasteiger partial charge on any atom is 0.311 e. The topological polar surface area (TPSA) is 52.6 Å². The lowest BCUT2D eigenvalue weighted by Gasteiger charge is -2.68. The minimum Gasteiger partial charge on any atom is -0.469 e. The molecule has 27 heavy (non-hydrogen) atoms. The highest BCUT2D eigenvalue weighted by atomic mass is 28.4. The lowest BCUT2D eigenvalue weighted by Crippen LogP contribution is -2.73. The fourth-order valence-corrected chi connectivity index (χ4v) is 7.63. The van der Waals surface area contributed by atoms with Gasteiger partial charge in [-0.3, -0.25) is 9.59 Å². The van der Waals surface area contributed by atoms with Gasteiger partial charge in [-0.2, -0.15) is 0 Å². The molecule has 154 valence electrons. The molecule has 3 fully saturated rings. The first-order valence-corrected chi connectivity index (χ1v) is 13.3. The molecule has 3 saturated carbocycles. The van der Waals surface area contributed by atoms with Gasteiger partial charge in [-0.1, -0.05) is 41.5 Å². The van der Waals surface area contributed by atoms with Crippen molar-refractivity contribution in [2.45, 2.75) is 91.0 Å². The SMILES string of the molecule is COC(=O)C1C[C@@]2(C)C[C@@H]3C(=O)C(C)(C)C[C@@H]3C[C@@]12O[Si](C)(C)C(C)(C)C. The van der Waals surface area contributed by atoms with Crippen molar-refractivity contribution in [3.05, 3.63) is 0 Å². The summed E-state index contributed by atoms with van der Waals surface area (Å²) >= 11 is 0. The van der Waals surface area contributed by atoms with Crippen LogP contribution in [0.5, 0.6) is 0 Å². The molecular weight excluding hydrogens is 356 g/mol. The van der Waals surface area contributed by atoms with Crippen LogP contribution in [0.15, 0.2) is 0 Å². The van der Waals surface area contributed by atoms with Gasteiger partial charge >= 0.3 is 5.97 Å². The summed E-state index contributed by atoms with van der Waals surface area (Å²) < 4.78 is 12.3. The van der Waals surface area contributed by atoms with E-state index < -0.39 is 13.9 Å². The van der Waals surface area contributed by atoms with Gasteiger partial charge in [0.1, 0.15) is 5.78 Å². The van der Waals surface area contributed by atoms with Gasteiger partial charge in [-0.15, -0.1) is 0 Å². The smallest absolute Gasteiger partial charge is 0.311 e. The molecule has 5 heteroatoms. The van der Waals surface area contributed by atoms with Crippen molar-refractivity contribution in [2.24, 2.45) is 28.6 Å². The predicted molar refractivity (Wildman–Crippen MR) is 109 cm³/mol. The Labute approximate surface area is 165 Å². The van der Waals surface area contributed by atoms with Crippen LogP contribution >= 0.6 is 0 Å². The van der Waals surface area contributed by atoms with Gasteiger partial charge in [-0.25, -0.2) is 0 Å². The third-order valence-electron chi connectivity index (χ3n) is 8.55. The van der Waals surface area contributed by atoms with Crippen molar-refractivity contribution in [1.82, 2.24) is 0 Å². The second-order valence-electron chi connectivity index (χ2n) is 11.8. The van der Waals surface area contributed by atoms with E-state index in [-0.39, 0.29) is 33.7 Å². The standard InChI is InChI=1S/C22H38O4Si/c1-19(2,3)27(8,9)26-22-11-14-10-20(4,5)17(23)15(14)12-21(22,6)13-16(22)18(24)25-7/h14-16H,10-13H2,1-9H3/t14-,15+,16?,21-,22-/m1/s1. The molecule has 0 aromatic heterocycles. The molecule has 3 aliphatic carbocycles. The molecule has 3 rings (SSSR count). The summed E-state index contributed by atoms with van der Waals surface area (Å²) in [5.41, 5.74) is -0.863. The van der Waals surface area contributed by atoms with Crippen molar-refractivity contribution in [1.29, 1.82) is 0 Å². The van der Waals surface area contributed by atoms with Crippen LogP contribution < -0.4 is 0 Å². The lowest BCUT2D eigenvalue weighted by atomic mass is 9.43. The highest BCUT2D eigenvalue weighted by Gasteiger charge is 2.73. The Morgan fingerprint density at radius 1 is 1.07 bits per heavy atom. The fraction of sp³-hybridized carbons (Fsp3) is 0.909. The molecule has 0 saturated heterocycles. The molecule has 4 nitrogen and oxygen atoms in total. The van der Waals surface area contributed by atoms with Crippen molar-refractivity contribution in [2.75, 3.05) is 7.11 Å². The second kappa shape index (κ2) is 5.91. The Bertz CT molecular complexity index is 662. The van der Waals surface area contributed by atoms with E-state index in [1.165, 1.54) is 7.11 Å². The predicted octanol–water partition coefficient (Wildman–Crippen LogP) is 4.97. The Morgan fingerprint density at radius 2 is 1.67 bits per heavy atom. The molecule has 0 spiro atoms. The van der Waals surface area contributed by atoms with Crippen LogP contribution in [0, 0.1) is 28.6 Å². The van der Waals surface area contributed by atoms with Gasteiger partial charge in [0.2, 0.25) is 0 Å². The van der Waals surface area contributed by atoms with E-state index >= 15 is 0 Å². The number of fused-ring (bicyclic) bond motifs is 2. The van der Waals surface area contributed by atoms with Gasteiger partial charge in [0, 0.05) is 11.3 Å². The van der Waals surface area contributed by atoms with Crippen LogP contribution in [0.25, 0.3) is 0 Å². The van der Waals surface area contributed by atoms with E-state index in [0.29, 0.717) is 11.7 Å². The number of carbonyl (C=O) groups excluding carboxylic acids is 2. The van der Waals surface area contributed by atoms with E-state index in [2.05, 4.69) is 54.6 Å². The molecule has 0 bridgehead atoms. The molecule has 3 aliphatic rings. The molecular formula is C22H38O4Si. The van der Waals surface area contributed by atoms with E-state index in [1.54, 1.807) is 0 Å². The number of carbonyl (C=O) groups is 2. The summed E-state index contributed by atoms with van der Waals surface area (Å²) in [5, 5.41) is 0.0700. The lowest BCUT2D eigenvalue weighted by molar-refractivity contribution is -0.241. The molecule has 0 aromatic rings. The molecule has 5 atom stereocenters. The van der Waals surface area contributed by atoms with Gasteiger partial charge in [-0.05, 0) is 55.1 Å². The van der Waals surface area contributed by atoms with Crippen LogP contribution in [0.4, 0.5) is 0 Å². The minimum atomic E-state index is -2.09. The first-order chi connectivity index (χ1) is 12.1. The number of esters is 1. The van der Waals surface area contributed by atoms with Crippen molar-refractivity contribution < 1.29 is 18.8 Å². The maximum atomic E-state index is 13.0. The normalized spacial score (nSPS) is 40.8. The molecule has 0 aliphatic heterocycles. The Balaban J connectivity index is 2.02. The average Bonchev–Trinajstić information content (AvgIpc) is 2.72. The monoisotopic (exact) mass is 394 g/mol. The Kier molecular flexibility index (Phi) is 4.61. The van der Waals surface area contributed by atoms with E-state index in [4.69, 9.17) is 9.16 Å². The summed E-state index contributed by atoms with van der Waals surface area (Å²) in [6.07, 6.45) is 3.34. The third kappa shape index (κ3) is 2.86. The first kappa shape index (κ1) is 21.0. The largest absolute Gasteiger partial charge is 0.469 e. The maximum absolute atomic E-state index is 13.0. The van der Waals surface area contributed by atoms with Gasteiger partial charge in [0.15, 0.2) is 8.32 Å². The molecule has 0 heterocycles. The number of ketones is 1. The molecule has 0 N–H and O–H groups in total. The summed E-state index contributed by atoms with van der Waals surface area (Å²) in [6.45, 7) is 17.7. The summed E-state index contributed by atoms with van der Waals surface area (Å²) in [5.74, 6) is 0.503. The van der Waals surface area contributed by atoms with Crippen LogP contribution in [-0.4, -0.2) is 32.8 Å². The van der Waals surface area contributed by atoms with E-state index in [9.17, 15) is 9.59 Å². The summed E-state index contributed by atoms with van der Waals surface area (Å²) in [4.78, 5) is 25.6. The van der Waals surface area contributed by atoms with Gasteiger partial charge in [0.05, 0.1) is 18.6 Å². The zero-order valence-corrected chi connectivity index (χ0v) is 19.7. The first-order valence-electron chi connectivity index (χ1n) is 10.4. The van der Waals surface area contributed by atoms with Gasteiger partial charge in [0.25, 0.3) is 0 Å². The molecule has 0 aromatic carbocycles. The van der Waals surface area contributed by atoms with E-state index in [1.807, 2.05) is 0 Å². The zero-order chi connectivity index (χ0) is 20.6. The molecule has 0 radical (unpaired) electrons. The number of rotatable bonds is 3. The van der Waals surface area contributed by atoms with Gasteiger partial charge < -0.3 is 9.16 Å². The summed E-state index contributed by atoms with van der Waals surface area (Å²) in [6, 6.07) is 0. The number of hydrogen-bond donors (Lipinski definition) is 0. The number of methoxy groups -OCH3 is 1. The highest BCUT2D eigenvalue weighted by molar-refractivity contribution is 6.74. The fourth-order valence-electron chi connectivity index (χ4n) is 5.95. The van der Waals surface area contributed by atoms with Crippen molar-refractivity contribution >= 4 is 20.1 Å². The molecule has 1 unspecified atom stereocenters. The zero-order valence-electron chi connectivity index (χ0n) is 18.7. The Hall–Kier alpha value is -0.683. The van der Waals surface area contributed by atoms with Crippen molar-refractivity contribution in [3.63, 3.8) is 0 Å². The Morgan fingerprint density at radius 3 is 2.19 bits per heavy atom. The number of Topliss-reactive ketones (excluding diaryl/α,β-unsaturated/α-hetero) is 1. The van der Waals surface area contributed by atoms with Crippen molar-refractivity contribution in [3.8, 4) is 0 Å². The minimum absolute atomic E-state index is 0.0700. The number of ether oxygens (including phenoxy) is 1. The van der Waals surface area contributed by atoms with Crippen LogP contribution in [0.1, 0.15) is 67.2 Å². The third-order valence-corrected chi connectivity index (χ3v) is 13.0. The highest BCUT2D eigenvalue weighted by Crippen LogP contribution is 2.70. The summed E-state index contributed by atoms with van der Waals surface area (Å²) in [7, 11) is -0.614. The second-order valence-corrected chi connectivity index (χ2v) is 16.5.